The highest BCUT2D eigenvalue weighted by atomic mass is 16.5. The number of hydrogen-bond donors (Lipinski definition) is 1. The van der Waals surface area contributed by atoms with Crippen molar-refractivity contribution >= 4 is 5.69 Å². The van der Waals surface area contributed by atoms with Crippen molar-refractivity contribution in [3.8, 4) is 11.4 Å². The predicted molar refractivity (Wildman–Crippen MR) is 76.0 cm³/mol. The molecule has 2 heterocycles. The van der Waals surface area contributed by atoms with Gasteiger partial charge < -0.3 is 10.5 Å². The number of anilines is 1. The second-order valence-corrected chi connectivity index (χ2v) is 5.19. The van der Waals surface area contributed by atoms with Crippen LogP contribution in [-0.4, -0.2) is 32.9 Å². The standard InChI is InChI=1S/C14H19N5O/c1-10-12(6-4-7-13(10)15)14-16-17-18-19(14)9-11-5-2-3-8-20-11/h4,6-7,11H,2-3,5,8-9,15H2,1H3. The molecule has 6 nitrogen and oxygen atoms in total. The average Bonchev–Trinajstić information content (AvgIpc) is 2.91. The van der Waals surface area contributed by atoms with Gasteiger partial charge in [-0.3, -0.25) is 0 Å². The fourth-order valence-electron chi connectivity index (χ4n) is 2.56. The molecule has 2 N–H and O–H groups in total. The lowest BCUT2D eigenvalue weighted by Crippen LogP contribution is -2.25. The van der Waals surface area contributed by atoms with Crippen molar-refractivity contribution in [2.24, 2.45) is 0 Å². The van der Waals surface area contributed by atoms with Gasteiger partial charge in [-0.25, -0.2) is 4.68 Å². The zero-order chi connectivity index (χ0) is 13.9. The fourth-order valence-corrected chi connectivity index (χ4v) is 2.56. The van der Waals surface area contributed by atoms with Crippen LogP contribution < -0.4 is 5.73 Å². The maximum atomic E-state index is 5.96. The highest BCUT2D eigenvalue weighted by Crippen LogP contribution is 2.25. The van der Waals surface area contributed by atoms with E-state index in [9.17, 15) is 0 Å². The van der Waals surface area contributed by atoms with E-state index in [-0.39, 0.29) is 6.10 Å². The van der Waals surface area contributed by atoms with E-state index in [0.717, 1.165) is 42.1 Å². The maximum Gasteiger partial charge on any atom is 0.182 e. The zero-order valence-electron chi connectivity index (χ0n) is 11.6. The van der Waals surface area contributed by atoms with E-state index < -0.39 is 0 Å². The molecule has 6 heteroatoms. The van der Waals surface area contributed by atoms with Crippen molar-refractivity contribution < 1.29 is 4.74 Å². The number of aromatic nitrogens is 4. The van der Waals surface area contributed by atoms with Crippen LogP contribution in [0.25, 0.3) is 11.4 Å². The lowest BCUT2D eigenvalue weighted by molar-refractivity contribution is 0.00397. The summed E-state index contributed by atoms with van der Waals surface area (Å²) < 4.78 is 7.57. The van der Waals surface area contributed by atoms with Crippen LogP contribution in [0.3, 0.4) is 0 Å². The van der Waals surface area contributed by atoms with Gasteiger partial charge in [0.1, 0.15) is 0 Å². The Kier molecular flexibility index (Phi) is 3.64. The minimum Gasteiger partial charge on any atom is -0.398 e. The van der Waals surface area contributed by atoms with Crippen LogP contribution in [-0.2, 0) is 11.3 Å². The molecule has 0 radical (unpaired) electrons. The van der Waals surface area contributed by atoms with Crippen LogP contribution in [0.15, 0.2) is 18.2 Å². The Balaban J connectivity index is 1.87. The molecule has 1 saturated heterocycles. The summed E-state index contributed by atoms with van der Waals surface area (Å²) in [4.78, 5) is 0. The Bertz CT molecular complexity index is 589. The molecule has 0 saturated carbocycles. The van der Waals surface area contributed by atoms with Gasteiger partial charge in [-0.15, -0.1) is 5.10 Å². The number of nitrogens with two attached hydrogens (primary N) is 1. The van der Waals surface area contributed by atoms with Crippen molar-refractivity contribution in [2.75, 3.05) is 12.3 Å². The number of rotatable bonds is 3. The lowest BCUT2D eigenvalue weighted by atomic mass is 10.1. The molecular formula is C14H19N5O. The second kappa shape index (κ2) is 5.58. The number of nitrogen functional groups attached to an aromatic ring is 1. The molecule has 0 spiro atoms. The Morgan fingerprint density at radius 1 is 1.40 bits per heavy atom. The number of hydrogen-bond acceptors (Lipinski definition) is 5. The summed E-state index contributed by atoms with van der Waals surface area (Å²) in [6, 6.07) is 5.81. The monoisotopic (exact) mass is 273 g/mol. The molecule has 1 aliphatic heterocycles. The van der Waals surface area contributed by atoms with Gasteiger partial charge in [0.15, 0.2) is 5.82 Å². The van der Waals surface area contributed by atoms with Gasteiger partial charge in [0.25, 0.3) is 0 Å². The second-order valence-electron chi connectivity index (χ2n) is 5.19. The third-order valence-corrected chi connectivity index (χ3v) is 3.80. The minimum absolute atomic E-state index is 0.201. The first-order valence-electron chi connectivity index (χ1n) is 6.99. The Hall–Kier alpha value is -1.95. The highest BCUT2D eigenvalue weighted by Gasteiger charge is 2.19. The quantitative estimate of drug-likeness (QED) is 0.863. The molecule has 20 heavy (non-hydrogen) atoms. The van der Waals surface area contributed by atoms with Crippen molar-refractivity contribution in [3.63, 3.8) is 0 Å². The summed E-state index contributed by atoms with van der Waals surface area (Å²) in [5, 5.41) is 12.0. The minimum atomic E-state index is 0.201. The van der Waals surface area contributed by atoms with Gasteiger partial charge in [0, 0.05) is 17.9 Å². The molecule has 1 aliphatic rings. The van der Waals surface area contributed by atoms with Crippen LogP contribution in [0.1, 0.15) is 24.8 Å². The first kappa shape index (κ1) is 13.1. The first-order chi connectivity index (χ1) is 9.75. The third kappa shape index (κ3) is 2.51. The molecule has 1 aromatic carbocycles. The van der Waals surface area contributed by atoms with Crippen LogP contribution in [0.2, 0.25) is 0 Å². The smallest absolute Gasteiger partial charge is 0.182 e. The predicted octanol–water partition coefficient (Wildman–Crippen LogP) is 1.80. The van der Waals surface area contributed by atoms with E-state index in [1.54, 1.807) is 0 Å². The summed E-state index contributed by atoms with van der Waals surface area (Å²) in [6.07, 6.45) is 3.62. The zero-order valence-corrected chi connectivity index (χ0v) is 11.6. The van der Waals surface area contributed by atoms with E-state index in [1.807, 2.05) is 29.8 Å². The summed E-state index contributed by atoms with van der Waals surface area (Å²) >= 11 is 0. The Morgan fingerprint density at radius 2 is 2.30 bits per heavy atom. The van der Waals surface area contributed by atoms with Gasteiger partial charge in [0.2, 0.25) is 0 Å². The van der Waals surface area contributed by atoms with E-state index in [0.29, 0.717) is 6.54 Å². The van der Waals surface area contributed by atoms with Crippen molar-refractivity contribution in [1.82, 2.24) is 20.2 Å². The van der Waals surface area contributed by atoms with Crippen LogP contribution in [0.5, 0.6) is 0 Å². The highest BCUT2D eigenvalue weighted by molar-refractivity contribution is 5.67. The van der Waals surface area contributed by atoms with Gasteiger partial charge >= 0.3 is 0 Å². The van der Waals surface area contributed by atoms with Gasteiger partial charge in [-0.2, -0.15) is 0 Å². The van der Waals surface area contributed by atoms with Gasteiger partial charge in [-0.1, -0.05) is 12.1 Å². The molecule has 1 fully saturated rings. The fraction of sp³-hybridized carbons (Fsp3) is 0.500. The van der Waals surface area contributed by atoms with E-state index in [1.165, 1.54) is 6.42 Å². The molecule has 2 aromatic rings. The summed E-state index contributed by atoms with van der Waals surface area (Å²) in [7, 11) is 0. The van der Waals surface area contributed by atoms with Gasteiger partial charge in [-0.05, 0) is 48.2 Å². The molecule has 3 rings (SSSR count). The molecule has 0 amide bonds. The van der Waals surface area contributed by atoms with E-state index in [4.69, 9.17) is 10.5 Å². The van der Waals surface area contributed by atoms with E-state index >= 15 is 0 Å². The van der Waals surface area contributed by atoms with Gasteiger partial charge in [0.05, 0.1) is 12.6 Å². The van der Waals surface area contributed by atoms with Crippen LogP contribution >= 0.6 is 0 Å². The Morgan fingerprint density at radius 3 is 3.10 bits per heavy atom. The summed E-state index contributed by atoms with van der Waals surface area (Å²) in [5.74, 6) is 0.754. The molecule has 1 unspecified atom stereocenters. The van der Waals surface area contributed by atoms with E-state index in [2.05, 4.69) is 15.5 Å². The third-order valence-electron chi connectivity index (χ3n) is 3.80. The number of ether oxygens (including phenoxy) is 1. The van der Waals surface area contributed by atoms with Crippen molar-refractivity contribution in [2.45, 2.75) is 38.8 Å². The first-order valence-corrected chi connectivity index (χ1v) is 6.99. The summed E-state index contributed by atoms with van der Waals surface area (Å²) in [6.45, 7) is 3.51. The van der Waals surface area contributed by atoms with Crippen LogP contribution in [0.4, 0.5) is 5.69 Å². The molecule has 0 aliphatic carbocycles. The molecule has 1 aromatic heterocycles. The molecule has 0 bridgehead atoms. The largest absolute Gasteiger partial charge is 0.398 e. The molecule has 1 atom stereocenters. The topological polar surface area (TPSA) is 78.9 Å². The normalized spacial score (nSPS) is 19.1. The SMILES string of the molecule is Cc1c(N)cccc1-c1nnnn1CC1CCCCO1. The number of tetrazole rings is 1. The van der Waals surface area contributed by atoms with Crippen molar-refractivity contribution in [3.05, 3.63) is 23.8 Å². The number of benzene rings is 1. The van der Waals surface area contributed by atoms with Crippen molar-refractivity contribution in [1.29, 1.82) is 0 Å². The average molecular weight is 273 g/mol. The summed E-state index contributed by atoms with van der Waals surface area (Å²) in [5.41, 5.74) is 8.70. The lowest BCUT2D eigenvalue weighted by Gasteiger charge is -2.22. The Labute approximate surface area is 117 Å². The number of nitrogens with zero attached hydrogens (tertiary/aromatic N) is 4. The maximum absolute atomic E-state index is 5.96. The molecular weight excluding hydrogens is 254 g/mol. The van der Waals surface area contributed by atoms with Crippen LogP contribution in [0, 0.1) is 6.92 Å². The molecule has 106 valence electrons.